The zero-order chi connectivity index (χ0) is 19.1. The summed E-state index contributed by atoms with van der Waals surface area (Å²) in [6, 6.07) is 2.20. The monoisotopic (exact) mass is 352 g/mol. The van der Waals surface area contributed by atoms with Crippen molar-refractivity contribution in [2.45, 2.75) is 52.4 Å². The largest absolute Gasteiger partial charge is 0.508 e. The minimum atomic E-state index is -0.970. The first-order valence-electron chi connectivity index (χ1n) is 8.34. The maximum Gasteiger partial charge on any atom is 0.339 e. The molecule has 0 aromatic carbocycles. The van der Waals surface area contributed by atoms with Crippen molar-refractivity contribution < 1.29 is 24.8 Å². The molecule has 6 nitrogen and oxygen atoms in total. The van der Waals surface area contributed by atoms with Gasteiger partial charge >= 0.3 is 5.63 Å². The molecule has 0 bridgehead atoms. The van der Waals surface area contributed by atoms with E-state index < -0.39 is 29.9 Å². The van der Waals surface area contributed by atoms with Gasteiger partial charge in [-0.1, -0.05) is 32.1 Å². The first kappa shape index (κ1) is 21.2. The molecular weight excluding hydrogens is 324 g/mol. The molecule has 1 heterocycles. The van der Waals surface area contributed by atoms with Gasteiger partial charge in [0.25, 0.3) is 0 Å². The maximum atomic E-state index is 11.2. The average molecular weight is 352 g/mol. The van der Waals surface area contributed by atoms with Crippen molar-refractivity contribution >= 4 is 0 Å². The van der Waals surface area contributed by atoms with Crippen molar-refractivity contribution in [1.29, 1.82) is 0 Å². The maximum absolute atomic E-state index is 11.2. The number of hydrogen-bond acceptors (Lipinski definition) is 6. The number of allylic oxidation sites excluding steroid dienone is 1. The second kappa shape index (κ2) is 9.56. The Hall–Kier alpha value is -1.89. The quantitative estimate of drug-likeness (QED) is 0.531. The summed E-state index contributed by atoms with van der Waals surface area (Å²) in [6.07, 6.45) is 2.55. The number of aromatic hydroxyl groups is 1. The SMILES string of the molecule is C/C=C(\C)[C@@H](O)[C@@H](C)/C=C/[C@@H](O)[C@@H](C)[C@@H](O)Cc1cc(O)cc(=O)o1. The van der Waals surface area contributed by atoms with Gasteiger partial charge in [-0.25, -0.2) is 4.79 Å². The first-order valence-corrected chi connectivity index (χ1v) is 8.34. The average Bonchev–Trinajstić information content (AvgIpc) is 2.56. The van der Waals surface area contributed by atoms with E-state index in [2.05, 4.69) is 0 Å². The van der Waals surface area contributed by atoms with E-state index in [4.69, 9.17) is 4.42 Å². The highest BCUT2D eigenvalue weighted by Crippen LogP contribution is 2.19. The summed E-state index contributed by atoms with van der Waals surface area (Å²) in [5.41, 5.74) is 0.149. The van der Waals surface area contributed by atoms with E-state index in [1.165, 1.54) is 6.07 Å². The number of aliphatic hydroxyl groups excluding tert-OH is 3. The predicted octanol–water partition coefficient (Wildman–Crippen LogP) is 1.77. The third-order valence-electron chi connectivity index (χ3n) is 4.39. The van der Waals surface area contributed by atoms with E-state index >= 15 is 0 Å². The van der Waals surface area contributed by atoms with Crippen LogP contribution in [0.1, 0.15) is 33.5 Å². The van der Waals surface area contributed by atoms with E-state index in [1.54, 1.807) is 19.1 Å². The molecule has 0 radical (unpaired) electrons. The van der Waals surface area contributed by atoms with E-state index in [-0.39, 0.29) is 23.8 Å². The van der Waals surface area contributed by atoms with Crippen molar-refractivity contribution in [2.24, 2.45) is 11.8 Å². The van der Waals surface area contributed by atoms with Crippen LogP contribution < -0.4 is 5.63 Å². The Bertz CT molecular complexity index is 660. The Kier molecular flexibility index (Phi) is 8.09. The molecule has 0 amide bonds. The molecule has 6 heteroatoms. The van der Waals surface area contributed by atoms with Crippen LogP contribution in [0.2, 0.25) is 0 Å². The van der Waals surface area contributed by atoms with E-state index in [9.17, 15) is 25.2 Å². The Morgan fingerprint density at radius 2 is 1.84 bits per heavy atom. The first-order chi connectivity index (χ1) is 11.6. The topological polar surface area (TPSA) is 111 Å². The third kappa shape index (κ3) is 6.49. The van der Waals surface area contributed by atoms with Crippen molar-refractivity contribution in [3.8, 4) is 5.75 Å². The third-order valence-corrected chi connectivity index (χ3v) is 4.39. The van der Waals surface area contributed by atoms with Crippen molar-refractivity contribution in [3.05, 3.63) is 52.1 Å². The van der Waals surface area contributed by atoms with Gasteiger partial charge in [-0.15, -0.1) is 0 Å². The molecule has 1 rings (SSSR count). The standard InChI is InChI=1S/C19H28O6/c1-5-11(2)19(24)12(3)6-7-16(21)13(4)17(22)10-15-8-14(20)9-18(23)25-15/h5-9,12-13,16-17,19-22,24H,10H2,1-4H3/b7-6+,11-5+/t12-,13+,16+,17-,19+/m0/s1. The van der Waals surface area contributed by atoms with Gasteiger partial charge in [0.2, 0.25) is 0 Å². The summed E-state index contributed by atoms with van der Waals surface area (Å²) in [5, 5.41) is 39.9. The molecule has 1 aromatic heterocycles. The highest BCUT2D eigenvalue weighted by molar-refractivity contribution is 5.19. The van der Waals surface area contributed by atoms with Gasteiger partial charge in [0, 0.05) is 24.3 Å². The minimum Gasteiger partial charge on any atom is -0.508 e. The lowest BCUT2D eigenvalue weighted by Crippen LogP contribution is -2.30. The normalized spacial score (nSPS) is 18.8. The zero-order valence-corrected chi connectivity index (χ0v) is 15.1. The molecule has 0 aliphatic heterocycles. The van der Waals surface area contributed by atoms with E-state index in [0.717, 1.165) is 11.6 Å². The fraction of sp³-hybridized carbons (Fsp3) is 0.526. The molecule has 0 aliphatic rings. The lowest BCUT2D eigenvalue weighted by atomic mass is 9.92. The van der Waals surface area contributed by atoms with Crippen LogP contribution in [0.3, 0.4) is 0 Å². The molecule has 140 valence electrons. The molecule has 0 aliphatic carbocycles. The molecule has 0 saturated carbocycles. The van der Waals surface area contributed by atoms with Crippen molar-refractivity contribution in [1.82, 2.24) is 0 Å². The van der Waals surface area contributed by atoms with Crippen LogP contribution in [0.4, 0.5) is 0 Å². The fourth-order valence-electron chi connectivity index (χ4n) is 2.39. The lowest BCUT2D eigenvalue weighted by molar-refractivity contribution is 0.0416. The molecule has 1 aromatic rings. The number of rotatable bonds is 8. The molecule has 5 atom stereocenters. The molecule has 0 saturated heterocycles. The van der Waals surface area contributed by atoms with E-state index in [0.29, 0.717) is 0 Å². The minimum absolute atomic E-state index is 0.00837. The highest BCUT2D eigenvalue weighted by atomic mass is 16.4. The summed E-state index contributed by atoms with van der Waals surface area (Å²) in [6.45, 7) is 7.19. The Balaban J connectivity index is 2.69. The van der Waals surface area contributed by atoms with Crippen LogP contribution in [0.5, 0.6) is 5.75 Å². The molecule has 0 spiro atoms. The van der Waals surface area contributed by atoms with Gasteiger partial charge in [-0.2, -0.15) is 0 Å². The van der Waals surface area contributed by atoms with Crippen LogP contribution in [-0.4, -0.2) is 38.7 Å². The van der Waals surface area contributed by atoms with Gasteiger partial charge in [-0.3, -0.25) is 0 Å². The second-order valence-electron chi connectivity index (χ2n) is 6.44. The van der Waals surface area contributed by atoms with Crippen molar-refractivity contribution in [2.75, 3.05) is 0 Å². The molecule has 0 fully saturated rings. The zero-order valence-electron chi connectivity index (χ0n) is 15.1. The van der Waals surface area contributed by atoms with Gasteiger partial charge in [0.05, 0.1) is 24.4 Å². The Morgan fingerprint density at radius 3 is 2.40 bits per heavy atom. The molecule has 25 heavy (non-hydrogen) atoms. The highest BCUT2D eigenvalue weighted by Gasteiger charge is 2.23. The smallest absolute Gasteiger partial charge is 0.339 e. The van der Waals surface area contributed by atoms with Crippen LogP contribution in [0, 0.1) is 11.8 Å². The van der Waals surface area contributed by atoms with Gasteiger partial charge < -0.3 is 24.8 Å². The van der Waals surface area contributed by atoms with E-state index in [1.807, 2.05) is 26.8 Å². The molecule has 0 unspecified atom stereocenters. The van der Waals surface area contributed by atoms with Crippen LogP contribution in [0.25, 0.3) is 0 Å². The van der Waals surface area contributed by atoms with Gasteiger partial charge in [0.1, 0.15) is 11.5 Å². The molecule has 4 N–H and O–H groups in total. The summed E-state index contributed by atoms with van der Waals surface area (Å²) < 4.78 is 4.91. The lowest BCUT2D eigenvalue weighted by Gasteiger charge is -2.22. The van der Waals surface area contributed by atoms with Gasteiger partial charge in [0.15, 0.2) is 0 Å². The summed E-state index contributed by atoms with van der Waals surface area (Å²) in [5.74, 6) is -0.794. The van der Waals surface area contributed by atoms with Gasteiger partial charge in [-0.05, 0) is 19.4 Å². The summed E-state index contributed by atoms with van der Waals surface area (Å²) in [7, 11) is 0. The molecular formula is C19H28O6. The van der Waals surface area contributed by atoms with Crippen LogP contribution in [-0.2, 0) is 6.42 Å². The predicted molar refractivity (Wildman–Crippen MR) is 95.3 cm³/mol. The Morgan fingerprint density at radius 1 is 1.20 bits per heavy atom. The Labute approximate surface area is 147 Å². The fourth-order valence-corrected chi connectivity index (χ4v) is 2.39. The second-order valence-corrected chi connectivity index (χ2v) is 6.44. The number of aliphatic hydroxyl groups is 3. The van der Waals surface area contributed by atoms with Crippen LogP contribution >= 0.6 is 0 Å². The van der Waals surface area contributed by atoms with Crippen molar-refractivity contribution in [3.63, 3.8) is 0 Å². The summed E-state index contributed by atoms with van der Waals surface area (Å²) >= 11 is 0. The number of hydrogen-bond donors (Lipinski definition) is 4. The summed E-state index contributed by atoms with van der Waals surface area (Å²) in [4.78, 5) is 11.2. The van der Waals surface area contributed by atoms with Crippen LogP contribution in [0.15, 0.2) is 45.1 Å².